The van der Waals surface area contributed by atoms with Gasteiger partial charge in [-0.1, -0.05) is 10.6 Å². The molecule has 0 bridgehead atoms. The monoisotopic (exact) mass is 563 g/mol. The molecular formula is C28H33N7O4S. The first-order chi connectivity index (χ1) is 19.4. The molecule has 0 radical (unpaired) electrons. The summed E-state index contributed by atoms with van der Waals surface area (Å²) in [5.74, 6) is 0.159. The minimum Gasteiger partial charge on any atom is -0.497 e. The zero-order chi connectivity index (χ0) is 28.1. The number of aryl methyl sites for hydroxylation is 1. The quantitative estimate of drug-likeness (QED) is 0.470. The van der Waals surface area contributed by atoms with Crippen LogP contribution >= 0.6 is 11.5 Å². The molecule has 2 aromatic carbocycles. The number of rotatable bonds is 6. The van der Waals surface area contributed by atoms with Gasteiger partial charge in [0.2, 0.25) is 0 Å². The Morgan fingerprint density at radius 1 is 0.925 bits per heavy atom. The van der Waals surface area contributed by atoms with Crippen LogP contribution < -0.4 is 20.3 Å². The summed E-state index contributed by atoms with van der Waals surface area (Å²) in [5, 5.41) is 10.3. The molecule has 12 heteroatoms. The average Bonchev–Trinajstić information content (AvgIpc) is 3.24. The van der Waals surface area contributed by atoms with Gasteiger partial charge in [-0.2, -0.15) is 0 Å². The fraction of sp³-hybridized carbons (Fsp3) is 0.393. The van der Waals surface area contributed by atoms with E-state index in [1.54, 1.807) is 49.3 Å². The molecular weight excluding hydrogens is 530 g/mol. The normalized spacial score (nSPS) is 15.9. The number of nitrogens with zero attached hydrogens (tertiary/aromatic N) is 5. The summed E-state index contributed by atoms with van der Waals surface area (Å²) in [6.45, 7) is 6.92. The Balaban J connectivity index is 1.38. The fourth-order valence-corrected chi connectivity index (χ4v) is 5.58. The van der Waals surface area contributed by atoms with Crippen LogP contribution in [-0.4, -0.2) is 96.6 Å². The van der Waals surface area contributed by atoms with Crippen LogP contribution in [0.1, 0.15) is 42.5 Å². The van der Waals surface area contributed by atoms with Crippen LogP contribution in [0.25, 0.3) is 0 Å². The van der Waals surface area contributed by atoms with E-state index in [1.807, 2.05) is 17.0 Å². The maximum Gasteiger partial charge on any atom is 0.267 e. The molecule has 11 nitrogen and oxygen atoms in total. The number of amides is 3. The maximum atomic E-state index is 13.4. The molecule has 2 N–H and O–H groups in total. The molecule has 0 atom stereocenters. The van der Waals surface area contributed by atoms with Crippen molar-refractivity contribution in [3.8, 4) is 5.75 Å². The lowest BCUT2D eigenvalue weighted by Crippen LogP contribution is -2.49. The van der Waals surface area contributed by atoms with E-state index in [0.29, 0.717) is 72.4 Å². The molecule has 2 saturated heterocycles. The van der Waals surface area contributed by atoms with E-state index in [9.17, 15) is 14.4 Å². The number of nitrogens with one attached hydrogen (secondary N) is 2. The van der Waals surface area contributed by atoms with Crippen LogP contribution in [-0.2, 0) is 0 Å². The van der Waals surface area contributed by atoms with Crippen molar-refractivity contribution in [2.75, 3.05) is 69.7 Å². The molecule has 40 heavy (non-hydrogen) atoms. The standard InChI is InChI=1S/C28H33N7O4S/c1-19-25(40-32-31-19)28(38)35-15-13-33(14-16-35)24-8-7-21(27(37)34-11-4-9-29-10-12-34)18-23(24)30-26(36)20-5-3-6-22(17-20)39-2/h3,5-8,17-18,29H,4,9-16H2,1-2H3,(H,30,36). The number of hydrogen-bond donors (Lipinski definition) is 2. The summed E-state index contributed by atoms with van der Waals surface area (Å²) in [6, 6.07) is 12.4. The van der Waals surface area contributed by atoms with Gasteiger partial charge in [-0.15, -0.1) is 5.10 Å². The number of ether oxygens (including phenoxy) is 1. The van der Waals surface area contributed by atoms with E-state index >= 15 is 0 Å². The van der Waals surface area contributed by atoms with Crippen molar-refractivity contribution in [3.05, 3.63) is 64.2 Å². The van der Waals surface area contributed by atoms with Crippen molar-refractivity contribution < 1.29 is 19.1 Å². The van der Waals surface area contributed by atoms with Crippen molar-refractivity contribution in [2.45, 2.75) is 13.3 Å². The predicted octanol–water partition coefficient (Wildman–Crippen LogP) is 2.51. The van der Waals surface area contributed by atoms with E-state index in [-0.39, 0.29) is 17.7 Å². The number of benzene rings is 2. The summed E-state index contributed by atoms with van der Waals surface area (Å²) in [6.07, 6.45) is 0.892. The third-order valence-corrected chi connectivity index (χ3v) is 8.02. The first-order valence-electron chi connectivity index (χ1n) is 13.4. The zero-order valence-corrected chi connectivity index (χ0v) is 23.5. The molecule has 3 aromatic rings. The maximum absolute atomic E-state index is 13.4. The molecule has 3 amide bonds. The van der Waals surface area contributed by atoms with Crippen molar-refractivity contribution in [1.82, 2.24) is 24.7 Å². The number of hydrogen-bond acceptors (Lipinski definition) is 9. The predicted molar refractivity (Wildman–Crippen MR) is 154 cm³/mol. The average molecular weight is 564 g/mol. The van der Waals surface area contributed by atoms with Gasteiger partial charge in [-0.25, -0.2) is 0 Å². The van der Waals surface area contributed by atoms with Crippen LogP contribution in [0.5, 0.6) is 5.75 Å². The minimum absolute atomic E-state index is 0.0592. The number of piperazine rings is 1. The van der Waals surface area contributed by atoms with Gasteiger partial charge in [0.1, 0.15) is 10.6 Å². The van der Waals surface area contributed by atoms with Crippen molar-refractivity contribution >= 4 is 40.6 Å². The van der Waals surface area contributed by atoms with E-state index in [1.165, 1.54) is 0 Å². The highest BCUT2D eigenvalue weighted by atomic mass is 32.1. The van der Waals surface area contributed by atoms with E-state index in [4.69, 9.17) is 4.74 Å². The van der Waals surface area contributed by atoms with Gasteiger partial charge in [0.05, 0.1) is 24.2 Å². The zero-order valence-electron chi connectivity index (χ0n) is 22.7. The van der Waals surface area contributed by atoms with Gasteiger partial charge in [-0.05, 0) is 67.8 Å². The third kappa shape index (κ3) is 6.07. The summed E-state index contributed by atoms with van der Waals surface area (Å²) < 4.78 is 9.17. The molecule has 3 heterocycles. The second kappa shape index (κ2) is 12.4. The van der Waals surface area contributed by atoms with Crippen LogP contribution in [0.4, 0.5) is 11.4 Å². The van der Waals surface area contributed by atoms with Gasteiger partial charge >= 0.3 is 0 Å². The lowest BCUT2D eigenvalue weighted by molar-refractivity contribution is 0.0747. The van der Waals surface area contributed by atoms with Gasteiger partial charge in [-0.3, -0.25) is 14.4 Å². The number of anilines is 2. The number of aromatic nitrogens is 2. The number of methoxy groups -OCH3 is 1. The van der Waals surface area contributed by atoms with E-state index in [2.05, 4.69) is 25.1 Å². The van der Waals surface area contributed by atoms with Crippen molar-refractivity contribution in [3.63, 3.8) is 0 Å². The van der Waals surface area contributed by atoms with Gasteiger partial charge < -0.3 is 30.1 Å². The van der Waals surface area contributed by atoms with Crippen LogP contribution in [0.15, 0.2) is 42.5 Å². The second-order valence-electron chi connectivity index (χ2n) is 9.78. The Labute approximate surface area is 237 Å². The van der Waals surface area contributed by atoms with Crippen LogP contribution in [0.2, 0.25) is 0 Å². The largest absolute Gasteiger partial charge is 0.497 e. The molecule has 0 unspecified atom stereocenters. The van der Waals surface area contributed by atoms with Gasteiger partial charge in [0, 0.05) is 56.9 Å². The third-order valence-electron chi connectivity index (χ3n) is 7.20. The summed E-state index contributed by atoms with van der Waals surface area (Å²) in [4.78, 5) is 46.0. The first kappa shape index (κ1) is 27.5. The Morgan fingerprint density at radius 3 is 2.48 bits per heavy atom. The van der Waals surface area contributed by atoms with Gasteiger partial charge in [0.25, 0.3) is 17.7 Å². The van der Waals surface area contributed by atoms with E-state index < -0.39 is 0 Å². The summed E-state index contributed by atoms with van der Waals surface area (Å²) in [7, 11) is 1.56. The molecule has 2 fully saturated rings. The highest BCUT2D eigenvalue weighted by Gasteiger charge is 2.27. The van der Waals surface area contributed by atoms with Crippen LogP contribution in [0.3, 0.4) is 0 Å². The van der Waals surface area contributed by atoms with Crippen LogP contribution in [0, 0.1) is 6.92 Å². The molecule has 0 saturated carbocycles. The summed E-state index contributed by atoms with van der Waals surface area (Å²) >= 11 is 1.11. The number of carbonyl (C=O) groups excluding carboxylic acids is 3. The summed E-state index contributed by atoms with van der Waals surface area (Å²) in [5.41, 5.74) is 2.96. The Morgan fingerprint density at radius 2 is 1.73 bits per heavy atom. The molecule has 0 spiro atoms. The highest BCUT2D eigenvalue weighted by Crippen LogP contribution is 2.30. The number of carbonyl (C=O) groups is 3. The molecule has 2 aliphatic rings. The smallest absolute Gasteiger partial charge is 0.267 e. The molecule has 210 valence electrons. The lowest BCUT2D eigenvalue weighted by atomic mass is 10.1. The molecule has 0 aliphatic carbocycles. The minimum atomic E-state index is -0.300. The highest BCUT2D eigenvalue weighted by molar-refractivity contribution is 7.07. The van der Waals surface area contributed by atoms with Crippen molar-refractivity contribution in [1.29, 1.82) is 0 Å². The topological polar surface area (TPSA) is 120 Å². The Hall–Kier alpha value is -4.03. The molecule has 2 aliphatic heterocycles. The molecule has 1 aromatic heterocycles. The Kier molecular flexibility index (Phi) is 8.56. The Bertz CT molecular complexity index is 1380. The lowest BCUT2D eigenvalue weighted by Gasteiger charge is -2.37. The molecule has 5 rings (SSSR count). The van der Waals surface area contributed by atoms with Crippen molar-refractivity contribution in [2.24, 2.45) is 0 Å². The van der Waals surface area contributed by atoms with Gasteiger partial charge in [0.15, 0.2) is 0 Å². The SMILES string of the molecule is COc1cccc(C(=O)Nc2cc(C(=O)N3CCCNCC3)ccc2N2CCN(C(=O)c3snnc3C)CC2)c1. The van der Waals surface area contributed by atoms with E-state index in [0.717, 1.165) is 36.7 Å². The first-order valence-corrected chi connectivity index (χ1v) is 14.1. The second-order valence-corrected chi connectivity index (χ2v) is 10.5. The fourth-order valence-electron chi connectivity index (χ4n) is 4.96.